The van der Waals surface area contributed by atoms with Crippen molar-refractivity contribution in [1.29, 1.82) is 0 Å². The summed E-state index contributed by atoms with van der Waals surface area (Å²) in [7, 11) is -3.37. The molecule has 0 saturated carbocycles. The van der Waals surface area contributed by atoms with E-state index >= 15 is 0 Å². The zero-order valence-corrected chi connectivity index (χ0v) is 14.0. The topological polar surface area (TPSA) is 54.4 Å². The Morgan fingerprint density at radius 2 is 1.59 bits per heavy atom. The number of aliphatic hydroxyl groups is 1. The molecule has 0 heterocycles. The van der Waals surface area contributed by atoms with Crippen LogP contribution in [0.15, 0.2) is 42.5 Å². The van der Waals surface area contributed by atoms with Crippen LogP contribution in [0.25, 0.3) is 0 Å². The largest absolute Gasteiger partial charge is 0.387 e. The van der Waals surface area contributed by atoms with Crippen molar-refractivity contribution in [3.63, 3.8) is 0 Å². The maximum absolute atomic E-state index is 12.3. The Hall–Kier alpha value is -1.65. The molecule has 2 rings (SSSR count). The van der Waals surface area contributed by atoms with Crippen LogP contribution in [-0.2, 0) is 15.6 Å². The second-order valence-corrected chi connectivity index (χ2v) is 8.09. The standard InChI is InChI=1S/C18H22O3S/c1-13-5-4-6-16(8-13)11-22(20,21)12-18(19)17-9-14(2)7-15(3)10-17/h4-10,18-19H,11-12H2,1-3H3. The van der Waals surface area contributed by atoms with Crippen molar-refractivity contribution in [3.8, 4) is 0 Å². The maximum atomic E-state index is 12.3. The van der Waals surface area contributed by atoms with E-state index in [9.17, 15) is 13.5 Å². The van der Waals surface area contributed by atoms with Gasteiger partial charge in [0.05, 0.1) is 17.6 Å². The van der Waals surface area contributed by atoms with E-state index in [0.717, 1.165) is 22.3 Å². The number of hydrogen-bond acceptors (Lipinski definition) is 3. The van der Waals surface area contributed by atoms with Gasteiger partial charge in [-0.25, -0.2) is 8.42 Å². The Bertz CT molecular complexity index is 743. The minimum atomic E-state index is -3.37. The van der Waals surface area contributed by atoms with Gasteiger partial charge in [0.1, 0.15) is 0 Å². The predicted molar refractivity (Wildman–Crippen MR) is 89.5 cm³/mol. The fourth-order valence-corrected chi connectivity index (χ4v) is 4.13. The lowest BCUT2D eigenvalue weighted by atomic mass is 10.0. The summed E-state index contributed by atoms with van der Waals surface area (Å²) in [5, 5.41) is 10.3. The molecule has 0 saturated heterocycles. The summed E-state index contributed by atoms with van der Waals surface area (Å²) in [5.41, 5.74) is 4.48. The molecule has 118 valence electrons. The summed E-state index contributed by atoms with van der Waals surface area (Å²) in [4.78, 5) is 0. The summed E-state index contributed by atoms with van der Waals surface area (Å²) in [5.74, 6) is -0.305. The molecule has 22 heavy (non-hydrogen) atoms. The molecule has 0 fully saturated rings. The average Bonchev–Trinajstić information content (AvgIpc) is 2.36. The van der Waals surface area contributed by atoms with Crippen molar-refractivity contribution in [2.24, 2.45) is 0 Å². The van der Waals surface area contributed by atoms with Crippen LogP contribution in [0.5, 0.6) is 0 Å². The van der Waals surface area contributed by atoms with Crippen LogP contribution in [0.1, 0.15) is 33.9 Å². The molecule has 3 nitrogen and oxygen atoms in total. The second kappa shape index (κ2) is 6.63. The van der Waals surface area contributed by atoms with Gasteiger partial charge in [0.2, 0.25) is 0 Å². The van der Waals surface area contributed by atoms with Crippen molar-refractivity contribution in [1.82, 2.24) is 0 Å². The lowest BCUT2D eigenvalue weighted by Crippen LogP contribution is -2.16. The average molecular weight is 318 g/mol. The van der Waals surface area contributed by atoms with Gasteiger partial charge in [-0.2, -0.15) is 0 Å². The smallest absolute Gasteiger partial charge is 0.157 e. The zero-order chi connectivity index (χ0) is 16.3. The van der Waals surface area contributed by atoms with E-state index in [2.05, 4.69) is 0 Å². The minimum absolute atomic E-state index is 0.0451. The van der Waals surface area contributed by atoms with Crippen molar-refractivity contribution >= 4 is 9.84 Å². The number of rotatable bonds is 5. The molecule has 1 unspecified atom stereocenters. The number of aliphatic hydroxyl groups excluding tert-OH is 1. The highest BCUT2D eigenvalue weighted by Crippen LogP contribution is 2.20. The fourth-order valence-electron chi connectivity index (χ4n) is 2.65. The predicted octanol–water partition coefficient (Wildman–Crippen LogP) is 3.26. The molecule has 0 aliphatic heterocycles. The summed E-state index contributed by atoms with van der Waals surface area (Å²) in [6.45, 7) is 5.80. The van der Waals surface area contributed by atoms with E-state index in [4.69, 9.17) is 0 Å². The Morgan fingerprint density at radius 1 is 0.955 bits per heavy atom. The highest BCUT2D eigenvalue weighted by molar-refractivity contribution is 7.90. The summed E-state index contributed by atoms with van der Waals surface area (Å²) in [6.07, 6.45) is -0.992. The third kappa shape index (κ3) is 4.68. The van der Waals surface area contributed by atoms with Gasteiger partial charge in [0, 0.05) is 0 Å². The molecule has 0 amide bonds. The zero-order valence-electron chi connectivity index (χ0n) is 13.2. The number of benzene rings is 2. The van der Waals surface area contributed by atoms with Crippen molar-refractivity contribution in [2.75, 3.05) is 5.75 Å². The molecule has 0 aliphatic carbocycles. The molecule has 0 aliphatic rings. The lowest BCUT2D eigenvalue weighted by Gasteiger charge is -2.13. The van der Waals surface area contributed by atoms with E-state index in [1.165, 1.54) is 0 Å². The molecule has 0 radical (unpaired) electrons. The van der Waals surface area contributed by atoms with E-state index in [0.29, 0.717) is 5.56 Å². The quantitative estimate of drug-likeness (QED) is 0.920. The van der Waals surface area contributed by atoms with Gasteiger partial charge in [0.25, 0.3) is 0 Å². The first-order valence-electron chi connectivity index (χ1n) is 7.27. The normalized spacial score (nSPS) is 13.1. The van der Waals surface area contributed by atoms with Crippen LogP contribution in [0, 0.1) is 20.8 Å². The maximum Gasteiger partial charge on any atom is 0.157 e. The van der Waals surface area contributed by atoms with Gasteiger partial charge in [-0.3, -0.25) is 0 Å². The molecule has 1 atom stereocenters. The van der Waals surface area contributed by atoms with Gasteiger partial charge < -0.3 is 5.11 Å². The van der Waals surface area contributed by atoms with Crippen LogP contribution in [-0.4, -0.2) is 19.3 Å². The molecule has 0 aromatic heterocycles. The molecule has 2 aromatic carbocycles. The Balaban J connectivity index is 2.14. The van der Waals surface area contributed by atoms with Crippen LogP contribution < -0.4 is 0 Å². The first kappa shape index (κ1) is 16.7. The van der Waals surface area contributed by atoms with Crippen LogP contribution in [0.2, 0.25) is 0 Å². The van der Waals surface area contributed by atoms with Gasteiger partial charge in [0.15, 0.2) is 9.84 Å². The third-order valence-corrected chi connectivity index (χ3v) is 5.11. The van der Waals surface area contributed by atoms with E-state index in [1.54, 1.807) is 6.07 Å². The number of aryl methyl sites for hydroxylation is 3. The van der Waals surface area contributed by atoms with Gasteiger partial charge in [-0.15, -0.1) is 0 Å². The summed E-state index contributed by atoms with van der Waals surface area (Å²) >= 11 is 0. The lowest BCUT2D eigenvalue weighted by molar-refractivity contribution is 0.201. The Morgan fingerprint density at radius 3 is 2.18 bits per heavy atom. The summed E-state index contributed by atoms with van der Waals surface area (Å²) in [6, 6.07) is 13.1. The monoisotopic (exact) mass is 318 g/mol. The second-order valence-electron chi connectivity index (χ2n) is 5.98. The van der Waals surface area contributed by atoms with Crippen LogP contribution >= 0.6 is 0 Å². The van der Waals surface area contributed by atoms with Crippen molar-refractivity contribution in [3.05, 3.63) is 70.3 Å². The highest BCUT2D eigenvalue weighted by atomic mass is 32.2. The molecule has 2 aromatic rings. The Labute approximate surface area is 132 Å². The Kier molecular flexibility index (Phi) is 5.04. The molecule has 0 spiro atoms. The van der Waals surface area contributed by atoms with Gasteiger partial charge in [-0.05, 0) is 31.9 Å². The van der Waals surface area contributed by atoms with Gasteiger partial charge in [-0.1, -0.05) is 59.2 Å². The van der Waals surface area contributed by atoms with Crippen molar-refractivity contribution < 1.29 is 13.5 Å². The third-order valence-electron chi connectivity index (χ3n) is 3.51. The van der Waals surface area contributed by atoms with E-state index < -0.39 is 15.9 Å². The molecule has 1 N–H and O–H groups in total. The molecular formula is C18H22O3S. The molecule has 4 heteroatoms. The number of hydrogen-bond donors (Lipinski definition) is 1. The molecular weight excluding hydrogens is 296 g/mol. The first-order chi connectivity index (χ1) is 10.2. The summed E-state index contributed by atoms with van der Waals surface area (Å²) < 4.78 is 24.6. The SMILES string of the molecule is Cc1cccc(CS(=O)(=O)CC(O)c2cc(C)cc(C)c2)c1. The van der Waals surface area contributed by atoms with Crippen LogP contribution in [0.3, 0.4) is 0 Å². The van der Waals surface area contributed by atoms with Crippen molar-refractivity contribution in [2.45, 2.75) is 32.6 Å². The first-order valence-corrected chi connectivity index (χ1v) is 9.09. The number of sulfone groups is 1. The minimum Gasteiger partial charge on any atom is -0.387 e. The highest BCUT2D eigenvalue weighted by Gasteiger charge is 2.20. The van der Waals surface area contributed by atoms with Crippen LogP contribution in [0.4, 0.5) is 0 Å². The van der Waals surface area contributed by atoms with Gasteiger partial charge >= 0.3 is 0 Å². The molecule has 0 bridgehead atoms. The van der Waals surface area contributed by atoms with E-state index in [1.807, 2.05) is 57.2 Å². The fraction of sp³-hybridized carbons (Fsp3) is 0.333. The van der Waals surface area contributed by atoms with E-state index in [-0.39, 0.29) is 11.5 Å².